The highest BCUT2D eigenvalue weighted by atomic mass is 19.4. The Morgan fingerprint density at radius 2 is 2.00 bits per heavy atom. The highest BCUT2D eigenvalue weighted by molar-refractivity contribution is 6.39. The summed E-state index contributed by atoms with van der Waals surface area (Å²) in [7, 11) is 1.77. The smallest absolute Gasteiger partial charge is 0.475 e. The van der Waals surface area contributed by atoms with E-state index in [4.69, 9.17) is 19.2 Å². The predicted octanol–water partition coefficient (Wildman–Crippen LogP) is 3.30. The van der Waals surface area contributed by atoms with E-state index in [-0.39, 0.29) is 5.91 Å². The first-order chi connectivity index (χ1) is 16.4. The average Bonchev–Trinajstić information content (AvgIpc) is 3.48. The molecule has 4 rings (SSSR count). The molecule has 2 aliphatic heterocycles. The van der Waals surface area contributed by atoms with Gasteiger partial charge in [0.15, 0.2) is 5.60 Å². The van der Waals surface area contributed by atoms with Crippen molar-refractivity contribution >= 4 is 17.6 Å². The summed E-state index contributed by atoms with van der Waals surface area (Å²) < 4.78 is 37.5. The van der Waals surface area contributed by atoms with Gasteiger partial charge in [0.2, 0.25) is 0 Å². The maximum absolute atomic E-state index is 12.8. The monoisotopic (exact) mass is 496 g/mol. The van der Waals surface area contributed by atoms with Crippen LogP contribution in [0.25, 0.3) is 0 Å². The first-order valence-electron chi connectivity index (χ1n) is 10.9. The minimum Gasteiger partial charge on any atom is -0.475 e. The lowest BCUT2D eigenvalue weighted by Gasteiger charge is -2.21. The van der Waals surface area contributed by atoms with Gasteiger partial charge < -0.3 is 19.3 Å². The van der Waals surface area contributed by atoms with E-state index in [9.17, 15) is 18.0 Å². The predicted molar refractivity (Wildman–Crippen MR) is 118 cm³/mol. The Hall–Kier alpha value is -3.41. The van der Waals surface area contributed by atoms with Crippen molar-refractivity contribution in [2.45, 2.75) is 51.6 Å². The van der Waals surface area contributed by atoms with Crippen LogP contribution in [0, 0.1) is 13.8 Å². The third kappa shape index (κ3) is 6.81. The molecule has 0 radical (unpaired) electrons. The molecule has 1 N–H and O–H groups in total. The van der Waals surface area contributed by atoms with Crippen LogP contribution in [0.2, 0.25) is 0 Å². The molecule has 12 heteroatoms. The third-order valence-electron chi connectivity index (χ3n) is 5.79. The number of hydrogen-bond acceptors (Lipinski definition) is 7. The van der Waals surface area contributed by atoms with Crippen molar-refractivity contribution in [2.24, 2.45) is 5.16 Å². The Morgan fingerprint density at radius 3 is 2.57 bits per heavy atom. The van der Waals surface area contributed by atoms with Crippen LogP contribution in [0.1, 0.15) is 35.6 Å². The SMILES string of the molecule is Cc1cc(CN2CCC3(CC(C(=O)N(C)Cc4ccccn4)=NO3)C2)oc1C.O=C(O)C(F)(F)F. The van der Waals surface area contributed by atoms with Gasteiger partial charge in [0, 0.05) is 39.2 Å². The molecule has 190 valence electrons. The Morgan fingerprint density at radius 1 is 1.29 bits per heavy atom. The summed E-state index contributed by atoms with van der Waals surface area (Å²) in [5.41, 5.74) is 2.12. The number of carboxylic acids is 1. The summed E-state index contributed by atoms with van der Waals surface area (Å²) in [6, 6.07) is 7.78. The summed E-state index contributed by atoms with van der Waals surface area (Å²) in [5, 5.41) is 11.3. The molecule has 35 heavy (non-hydrogen) atoms. The molecule has 0 saturated carbocycles. The van der Waals surface area contributed by atoms with E-state index in [1.165, 1.54) is 5.56 Å². The lowest BCUT2D eigenvalue weighted by Crippen LogP contribution is -2.37. The van der Waals surface area contributed by atoms with Crippen molar-refractivity contribution in [3.05, 3.63) is 53.2 Å². The number of carbonyl (C=O) groups is 2. The molecule has 1 amide bonds. The quantitative estimate of drug-likeness (QED) is 0.677. The van der Waals surface area contributed by atoms with Crippen molar-refractivity contribution < 1.29 is 37.1 Å². The Labute approximate surface area is 200 Å². The molecule has 0 aromatic carbocycles. The van der Waals surface area contributed by atoms with Gasteiger partial charge in [-0.15, -0.1) is 0 Å². The number of nitrogens with zero attached hydrogens (tertiary/aromatic N) is 4. The summed E-state index contributed by atoms with van der Waals surface area (Å²) in [6.07, 6.45) is -1.95. The van der Waals surface area contributed by atoms with Gasteiger partial charge in [-0.3, -0.25) is 14.7 Å². The first kappa shape index (κ1) is 26.2. The van der Waals surface area contributed by atoms with E-state index in [2.05, 4.69) is 28.0 Å². The van der Waals surface area contributed by atoms with Crippen molar-refractivity contribution in [1.29, 1.82) is 0 Å². The normalized spacial score (nSPS) is 19.7. The van der Waals surface area contributed by atoms with Crippen LogP contribution >= 0.6 is 0 Å². The maximum atomic E-state index is 12.8. The second kappa shape index (κ2) is 10.5. The van der Waals surface area contributed by atoms with E-state index in [1.54, 1.807) is 18.1 Å². The topological polar surface area (TPSA) is 108 Å². The summed E-state index contributed by atoms with van der Waals surface area (Å²) in [6.45, 7) is 6.89. The minimum atomic E-state index is -5.08. The van der Waals surface area contributed by atoms with Crippen LogP contribution in [0.5, 0.6) is 0 Å². The lowest BCUT2D eigenvalue weighted by molar-refractivity contribution is -0.192. The highest BCUT2D eigenvalue weighted by Crippen LogP contribution is 2.35. The van der Waals surface area contributed by atoms with E-state index in [0.717, 1.165) is 43.3 Å². The molecular weight excluding hydrogens is 469 g/mol. The summed E-state index contributed by atoms with van der Waals surface area (Å²) in [5.74, 6) is -0.920. The molecular formula is C23H27F3N4O5. The lowest BCUT2D eigenvalue weighted by atomic mass is 9.96. The minimum absolute atomic E-state index is 0.0988. The number of aryl methyl sites for hydroxylation is 2. The van der Waals surface area contributed by atoms with Gasteiger partial charge in [-0.05, 0) is 37.6 Å². The average molecular weight is 496 g/mol. The number of likely N-dealkylation sites (tertiary alicyclic amines) is 1. The first-order valence-corrected chi connectivity index (χ1v) is 10.9. The standard InChI is InChI=1S/C21H26N4O3.C2HF3O2/c1-15-10-18(27-16(15)2)13-25-9-7-21(14-25)11-19(23-28-21)20(26)24(3)12-17-6-4-5-8-22-17;3-2(4,5)1(6)7/h4-6,8,10H,7,9,11-14H2,1-3H3;(H,6,7). The summed E-state index contributed by atoms with van der Waals surface area (Å²) in [4.78, 5) is 35.7. The van der Waals surface area contributed by atoms with Gasteiger partial charge >= 0.3 is 12.1 Å². The van der Waals surface area contributed by atoms with E-state index in [0.29, 0.717) is 18.7 Å². The molecule has 0 bridgehead atoms. The van der Waals surface area contributed by atoms with Crippen molar-refractivity contribution in [3.63, 3.8) is 0 Å². The zero-order valence-corrected chi connectivity index (χ0v) is 19.6. The molecule has 2 aromatic rings. The van der Waals surface area contributed by atoms with Gasteiger partial charge in [0.05, 0.1) is 18.8 Å². The molecule has 2 aliphatic rings. The number of hydrogen-bond donors (Lipinski definition) is 1. The fourth-order valence-corrected chi connectivity index (χ4v) is 3.89. The van der Waals surface area contributed by atoms with Gasteiger partial charge in [-0.2, -0.15) is 13.2 Å². The van der Waals surface area contributed by atoms with Crippen LogP contribution in [0.15, 0.2) is 40.0 Å². The number of alkyl halides is 3. The number of oxime groups is 1. The molecule has 1 spiro atoms. The zero-order valence-electron chi connectivity index (χ0n) is 19.6. The molecule has 4 heterocycles. The number of carbonyl (C=O) groups excluding carboxylic acids is 1. The number of halogens is 3. The number of furan rings is 1. The van der Waals surface area contributed by atoms with Crippen molar-refractivity contribution in [2.75, 3.05) is 20.1 Å². The van der Waals surface area contributed by atoms with Crippen molar-refractivity contribution in [1.82, 2.24) is 14.8 Å². The number of aliphatic carboxylic acids is 1. The molecule has 1 fully saturated rings. The van der Waals surface area contributed by atoms with E-state index in [1.807, 2.05) is 25.1 Å². The van der Waals surface area contributed by atoms with Crippen LogP contribution in [0.3, 0.4) is 0 Å². The molecule has 1 saturated heterocycles. The zero-order chi connectivity index (χ0) is 25.8. The van der Waals surface area contributed by atoms with Crippen LogP contribution in [-0.4, -0.2) is 69.4 Å². The Bertz CT molecular complexity index is 1070. The highest BCUT2D eigenvalue weighted by Gasteiger charge is 2.47. The molecule has 0 aliphatic carbocycles. The van der Waals surface area contributed by atoms with Gasteiger partial charge in [0.1, 0.15) is 17.2 Å². The van der Waals surface area contributed by atoms with Gasteiger partial charge in [-0.25, -0.2) is 4.79 Å². The Balaban J connectivity index is 0.000000429. The van der Waals surface area contributed by atoms with Gasteiger partial charge in [-0.1, -0.05) is 11.2 Å². The number of rotatable bonds is 5. The van der Waals surface area contributed by atoms with E-state index >= 15 is 0 Å². The molecule has 9 nitrogen and oxygen atoms in total. The molecule has 1 atom stereocenters. The number of amides is 1. The molecule has 2 aromatic heterocycles. The Kier molecular flexibility index (Phi) is 7.83. The number of aromatic nitrogens is 1. The largest absolute Gasteiger partial charge is 0.490 e. The van der Waals surface area contributed by atoms with Gasteiger partial charge in [0.25, 0.3) is 5.91 Å². The van der Waals surface area contributed by atoms with Crippen LogP contribution in [-0.2, 0) is 27.5 Å². The maximum Gasteiger partial charge on any atom is 0.490 e. The fourth-order valence-electron chi connectivity index (χ4n) is 3.89. The van der Waals surface area contributed by atoms with Crippen molar-refractivity contribution in [3.8, 4) is 0 Å². The fraction of sp³-hybridized carbons (Fsp3) is 0.478. The third-order valence-corrected chi connectivity index (χ3v) is 5.79. The number of carboxylic acid groups (broad SMARTS) is 1. The second-order valence-corrected chi connectivity index (χ2v) is 8.69. The van der Waals surface area contributed by atoms with Crippen LogP contribution < -0.4 is 0 Å². The van der Waals surface area contributed by atoms with E-state index < -0.39 is 17.7 Å². The molecule has 1 unspecified atom stereocenters. The van der Waals surface area contributed by atoms with Crippen LogP contribution in [0.4, 0.5) is 13.2 Å². The number of pyridine rings is 1. The second-order valence-electron chi connectivity index (χ2n) is 8.69. The summed E-state index contributed by atoms with van der Waals surface area (Å²) >= 11 is 0.